The number of halogens is 3. The van der Waals surface area contributed by atoms with E-state index in [0.717, 1.165) is 24.7 Å². The first kappa shape index (κ1) is 20.7. The van der Waals surface area contributed by atoms with Crippen molar-refractivity contribution in [1.29, 1.82) is 0 Å². The second kappa shape index (κ2) is 9.94. The summed E-state index contributed by atoms with van der Waals surface area (Å²) in [4.78, 5) is 11.9. The van der Waals surface area contributed by atoms with Gasteiger partial charge in [0.05, 0.1) is 32.7 Å². The Morgan fingerprint density at radius 2 is 1.73 bits per heavy atom. The summed E-state index contributed by atoms with van der Waals surface area (Å²) in [5.41, 5.74) is 4.04. The molecule has 0 spiro atoms. The molecule has 0 bridgehead atoms. The standard InChI is InChI=1S/C17H16Br3N3O3/c1-25-15-4-3-10(5-16(15)26-2)8-22-23-17(24)9-21-14-7-12(19)11(18)6-13(14)20/h3-8,21H,9H2,1-2H3,(H,23,24). The molecule has 0 atom stereocenters. The van der Waals surface area contributed by atoms with Crippen molar-refractivity contribution < 1.29 is 14.3 Å². The maximum atomic E-state index is 11.9. The Labute approximate surface area is 176 Å². The van der Waals surface area contributed by atoms with Crippen LogP contribution in [0.1, 0.15) is 5.56 Å². The van der Waals surface area contributed by atoms with E-state index in [1.54, 1.807) is 26.4 Å². The van der Waals surface area contributed by atoms with E-state index in [9.17, 15) is 4.79 Å². The SMILES string of the molecule is COc1ccc(C=NNC(=O)CNc2cc(Br)c(Br)cc2Br)cc1OC. The van der Waals surface area contributed by atoms with Gasteiger partial charge in [0.2, 0.25) is 0 Å². The predicted octanol–water partition coefficient (Wildman–Crippen LogP) is 4.55. The number of nitrogens with one attached hydrogen (secondary N) is 2. The van der Waals surface area contributed by atoms with E-state index in [1.807, 2.05) is 18.2 Å². The highest BCUT2D eigenvalue weighted by Crippen LogP contribution is 2.32. The van der Waals surface area contributed by atoms with Gasteiger partial charge in [-0.25, -0.2) is 5.43 Å². The lowest BCUT2D eigenvalue weighted by molar-refractivity contribution is -0.119. The van der Waals surface area contributed by atoms with Crippen molar-refractivity contribution in [3.63, 3.8) is 0 Å². The molecule has 2 aromatic carbocycles. The number of anilines is 1. The monoisotopic (exact) mass is 547 g/mol. The minimum Gasteiger partial charge on any atom is -0.493 e. The zero-order valence-electron chi connectivity index (χ0n) is 14.0. The van der Waals surface area contributed by atoms with Crippen LogP contribution in [0.5, 0.6) is 11.5 Å². The molecular formula is C17H16Br3N3O3. The average molecular weight is 550 g/mol. The number of carbonyl (C=O) groups excluding carboxylic acids is 1. The van der Waals surface area contributed by atoms with Crippen LogP contribution in [-0.2, 0) is 4.79 Å². The molecular weight excluding hydrogens is 534 g/mol. The van der Waals surface area contributed by atoms with Crippen LogP contribution in [0.2, 0.25) is 0 Å². The predicted molar refractivity (Wildman–Crippen MR) is 113 cm³/mol. The maximum absolute atomic E-state index is 11.9. The number of hydrogen-bond donors (Lipinski definition) is 2. The average Bonchev–Trinajstić information content (AvgIpc) is 2.63. The van der Waals surface area contributed by atoms with Gasteiger partial charge in [0, 0.05) is 13.4 Å². The second-order valence-corrected chi connectivity index (χ2v) is 7.57. The molecule has 0 saturated carbocycles. The van der Waals surface area contributed by atoms with E-state index in [4.69, 9.17) is 9.47 Å². The molecule has 138 valence electrons. The summed E-state index contributed by atoms with van der Waals surface area (Å²) in [5.74, 6) is 0.951. The first-order valence-corrected chi connectivity index (χ1v) is 9.75. The molecule has 26 heavy (non-hydrogen) atoms. The van der Waals surface area contributed by atoms with Gasteiger partial charge >= 0.3 is 0 Å². The van der Waals surface area contributed by atoms with Crippen LogP contribution in [0.15, 0.2) is 48.9 Å². The van der Waals surface area contributed by atoms with E-state index >= 15 is 0 Å². The molecule has 0 saturated heterocycles. The Morgan fingerprint density at radius 1 is 1.04 bits per heavy atom. The first-order chi connectivity index (χ1) is 12.4. The largest absolute Gasteiger partial charge is 0.493 e. The molecule has 0 aromatic heterocycles. The fourth-order valence-corrected chi connectivity index (χ4v) is 3.46. The number of carbonyl (C=O) groups is 1. The second-order valence-electron chi connectivity index (χ2n) is 5.01. The van der Waals surface area contributed by atoms with Gasteiger partial charge < -0.3 is 14.8 Å². The first-order valence-electron chi connectivity index (χ1n) is 7.37. The van der Waals surface area contributed by atoms with Gasteiger partial charge in [-0.3, -0.25) is 4.79 Å². The number of nitrogens with zero attached hydrogens (tertiary/aromatic N) is 1. The van der Waals surface area contributed by atoms with Crippen molar-refractivity contribution in [2.45, 2.75) is 0 Å². The van der Waals surface area contributed by atoms with Crippen LogP contribution < -0.4 is 20.2 Å². The van der Waals surface area contributed by atoms with Gasteiger partial charge in [0.15, 0.2) is 11.5 Å². The van der Waals surface area contributed by atoms with Crippen LogP contribution >= 0.6 is 47.8 Å². The van der Waals surface area contributed by atoms with Crippen LogP contribution in [0.25, 0.3) is 0 Å². The third-order valence-corrected chi connectivity index (χ3v) is 5.76. The molecule has 0 radical (unpaired) electrons. The summed E-state index contributed by atoms with van der Waals surface area (Å²) in [5, 5.41) is 6.99. The number of hydrogen-bond acceptors (Lipinski definition) is 5. The summed E-state index contributed by atoms with van der Waals surface area (Å²) in [6, 6.07) is 9.11. The lowest BCUT2D eigenvalue weighted by Crippen LogP contribution is -2.26. The maximum Gasteiger partial charge on any atom is 0.259 e. The Kier molecular flexibility index (Phi) is 7.92. The summed E-state index contributed by atoms with van der Waals surface area (Å²) >= 11 is 10.3. The van der Waals surface area contributed by atoms with Gasteiger partial charge in [-0.1, -0.05) is 0 Å². The number of ether oxygens (including phenoxy) is 2. The van der Waals surface area contributed by atoms with E-state index in [-0.39, 0.29) is 12.5 Å². The fraction of sp³-hybridized carbons (Fsp3) is 0.176. The van der Waals surface area contributed by atoms with Gasteiger partial charge in [-0.05, 0) is 83.7 Å². The number of benzene rings is 2. The molecule has 2 N–H and O–H groups in total. The molecule has 0 fully saturated rings. The van der Waals surface area contributed by atoms with Crippen LogP contribution in [0.3, 0.4) is 0 Å². The molecule has 0 aliphatic rings. The normalized spacial score (nSPS) is 10.7. The van der Waals surface area contributed by atoms with Gasteiger partial charge in [-0.2, -0.15) is 5.10 Å². The molecule has 0 unspecified atom stereocenters. The van der Waals surface area contributed by atoms with Crippen molar-refractivity contribution in [3.05, 3.63) is 49.3 Å². The number of amides is 1. The topological polar surface area (TPSA) is 72.0 Å². The Bertz CT molecular complexity index is 828. The zero-order chi connectivity index (χ0) is 19.1. The zero-order valence-corrected chi connectivity index (χ0v) is 18.7. The van der Waals surface area contributed by atoms with Crippen LogP contribution in [0.4, 0.5) is 5.69 Å². The van der Waals surface area contributed by atoms with Crippen LogP contribution in [-0.4, -0.2) is 32.9 Å². The molecule has 0 aliphatic heterocycles. The molecule has 9 heteroatoms. The number of hydrazone groups is 1. The van der Waals surface area contributed by atoms with E-state index in [0.29, 0.717) is 11.5 Å². The molecule has 1 amide bonds. The minimum absolute atomic E-state index is 0.0793. The summed E-state index contributed by atoms with van der Waals surface area (Å²) in [6.45, 7) is 0.0793. The van der Waals surface area contributed by atoms with E-state index in [2.05, 4.69) is 63.6 Å². The Balaban J connectivity index is 1.91. The van der Waals surface area contributed by atoms with Crippen molar-refractivity contribution in [1.82, 2.24) is 5.43 Å². The third-order valence-electron chi connectivity index (χ3n) is 3.26. The van der Waals surface area contributed by atoms with Crippen molar-refractivity contribution >= 4 is 65.6 Å². The summed E-state index contributed by atoms with van der Waals surface area (Å²) < 4.78 is 13.0. The molecule has 6 nitrogen and oxygen atoms in total. The van der Waals surface area contributed by atoms with E-state index in [1.165, 1.54) is 6.21 Å². The minimum atomic E-state index is -0.271. The highest BCUT2D eigenvalue weighted by molar-refractivity contribution is 9.13. The summed E-state index contributed by atoms with van der Waals surface area (Å²) in [6.07, 6.45) is 1.53. The summed E-state index contributed by atoms with van der Waals surface area (Å²) in [7, 11) is 3.13. The molecule has 2 rings (SSSR count). The number of rotatable bonds is 7. The van der Waals surface area contributed by atoms with Crippen molar-refractivity contribution in [3.8, 4) is 11.5 Å². The third kappa shape index (κ3) is 5.72. The van der Waals surface area contributed by atoms with Crippen molar-refractivity contribution in [2.24, 2.45) is 5.10 Å². The molecule has 0 heterocycles. The van der Waals surface area contributed by atoms with E-state index < -0.39 is 0 Å². The highest BCUT2D eigenvalue weighted by atomic mass is 79.9. The quantitative estimate of drug-likeness (QED) is 0.302. The van der Waals surface area contributed by atoms with Crippen LogP contribution in [0, 0.1) is 0 Å². The van der Waals surface area contributed by atoms with Gasteiger partial charge in [-0.15, -0.1) is 0 Å². The Hall–Kier alpha value is -1.58. The highest BCUT2D eigenvalue weighted by Gasteiger charge is 2.07. The fourth-order valence-electron chi connectivity index (χ4n) is 1.98. The number of methoxy groups -OCH3 is 2. The molecule has 0 aliphatic carbocycles. The van der Waals surface area contributed by atoms with Gasteiger partial charge in [0.25, 0.3) is 5.91 Å². The Morgan fingerprint density at radius 3 is 2.42 bits per heavy atom. The molecule has 2 aromatic rings. The smallest absolute Gasteiger partial charge is 0.259 e. The lowest BCUT2D eigenvalue weighted by atomic mass is 10.2. The van der Waals surface area contributed by atoms with Gasteiger partial charge in [0.1, 0.15) is 0 Å². The lowest BCUT2D eigenvalue weighted by Gasteiger charge is -2.09. The van der Waals surface area contributed by atoms with Crippen molar-refractivity contribution in [2.75, 3.05) is 26.1 Å².